The molecule has 0 unspecified atom stereocenters. The van der Waals surface area contributed by atoms with E-state index in [0.29, 0.717) is 0 Å². The Bertz CT molecular complexity index is 888. The maximum Gasteiger partial charge on any atom is 0.524 e. The summed E-state index contributed by atoms with van der Waals surface area (Å²) < 4.78 is 23.5. The van der Waals surface area contributed by atoms with Crippen LogP contribution in [0.1, 0.15) is 27.6 Å². The van der Waals surface area contributed by atoms with Crippen molar-refractivity contribution in [3.8, 4) is 11.5 Å². The number of ether oxygens (including phenoxy) is 5. The van der Waals surface area contributed by atoms with Crippen molar-refractivity contribution in [1.29, 1.82) is 0 Å². The van der Waals surface area contributed by atoms with Gasteiger partial charge in [-0.2, -0.15) is 0 Å². The SMILES string of the molecule is CCOC(=O)c1ccccc1OC(=O)OC(=O)Oc1ccccc1C(=O)OC. The zero-order chi connectivity index (χ0) is 20.5. The van der Waals surface area contributed by atoms with Gasteiger partial charge >= 0.3 is 24.2 Å². The van der Waals surface area contributed by atoms with Crippen LogP contribution in [-0.4, -0.2) is 38.0 Å². The minimum atomic E-state index is -1.44. The molecule has 0 N–H and O–H groups in total. The summed E-state index contributed by atoms with van der Waals surface area (Å²) in [5, 5.41) is 0. The van der Waals surface area contributed by atoms with E-state index in [9.17, 15) is 19.2 Å². The van der Waals surface area contributed by atoms with Gasteiger partial charge in [0.25, 0.3) is 0 Å². The molecule has 2 aromatic carbocycles. The highest BCUT2D eigenvalue weighted by atomic mass is 16.8. The number of rotatable bonds is 5. The van der Waals surface area contributed by atoms with Gasteiger partial charge in [0.15, 0.2) is 0 Å². The summed E-state index contributed by atoms with van der Waals surface area (Å²) in [6, 6.07) is 11.5. The monoisotopic (exact) mass is 388 g/mol. The zero-order valence-corrected chi connectivity index (χ0v) is 15.0. The lowest BCUT2D eigenvalue weighted by atomic mass is 10.2. The molecule has 0 aliphatic rings. The van der Waals surface area contributed by atoms with Crippen LogP contribution in [-0.2, 0) is 14.2 Å². The molecule has 0 amide bonds. The molecule has 0 radical (unpaired) electrons. The van der Waals surface area contributed by atoms with Crippen LogP contribution in [0.2, 0.25) is 0 Å². The van der Waals surface area contributed by atoms with Crippen LogP contribution < -0.4 is 9.47 Å². The highest BCUT2D eigenvalue weighted by molar-refractivity contribution is 5.94. The molecule has 0 aliphatic carbocycles. The molecule has 146 valence electrons. The minimum Gasteiger partial charge on any atom is -0.465 e. The van der Waals surface area contributed by atoms with Crippen LogP contribution in [0.15, 0.2) is 48.5 Å². The number of para-hydroxylation sites is 2. The van der Waals surface area contributed by atoms with Gasteiger partial charge in [-0.3, -0.25) is 0 Å². The average molecular weight is 388 g/mol. The molecule has 0 atom stereocenters. The number of hydrogen-bond donors (Lipinski definition) is 0. The Morgan fingerprint density at radius 2 is 1.21 bits per heavy atom. The Balaban J connectivity index is 2.04. The van der Waals surface area contributed by atoms with E-state index >= 15 is 0 Å². The van der Waals surface area contributed by atoms with E-state index in [2.05, 4.69) is 9.47 Å². The fourth-order valence-electron chi connectivity index (χ4n) is 2.06. The Kier molecular flexibility index (Phi) is 7.09. The molecule has 9 nitrogen and oxygen atoms in total. The number of carbonyl (C=O) groups excluding carboxylic acids is 4. The molecule has 0 heterocycles. The largest absolute Gasteiger partial charge is 0.524 e. The second kappa shape index (κ2) is 9.72. The van der Waals surface area contributed by atoms with Gasteiger partial charge in [-0.05, 0) is 31.2 Å². The maximum atomic E-state index is 11.9. The standard InChI is InChI=1S/C19H16O9/c1-3-25-17(21)13-9-5-7-11-15(13)27-19(23)28-18(22)26-14-10-6-4-8-12(14)16(20)24-2/h4-11H,3H2,1-2H3. The molecule has 0 aromatic heterocycles. The molecule has 0 saturated heterocycles. The Labute approximate surface area is 159 Å². The van der Waals surface area contributed by atoms with E-state index in [-0.39, 0.29) is 29.2 Å². The molecular formula is C19H16O9. The van der Waals surface area contributed by atoms with Gasteiger partial charge in [-0.25, -0.2) is 19.2 Å². The van der Waals surface area contributed by atoms with Crippen LogP contribution >= 0.6 is 0 Å². The highest BCUT2D eigenvalue weighted by Gasteiger charge is 2.21. The smallest absolute Gasteiger partial charge is 0.465 e. The van der Waals surface area contributed by atoms with E-state index in [1.165, 1.54) is 42.5 Å². The van der Waals surface area contributed by atoms with Crippen molar-refractivity contribution in [1.82, 2.24) is 0 Å². The summed E-state index contributed by atoms with van der Waals surface area (Å²) in [5.41, 5.74) is -0.0614. The number of methoxy groups -OCH3 is 1. The Morgan fingerprint density at radius 3 is 1.68 bits per heavy atom. The van der Waals surface area contributed by atoms with Crippen LogP contribution in [0.5, 0.6) is 11.5 Å². The summed E-state index contributed by atoms with van der Waals surface area (Å²) in [6.07, 6.45) is -2.87. The van der Waals surface area contributed by atoms with Crippen LogP contribution in [0.3, 0.4) is 0 Å². The molecular weight excluding hydrogens is 372 g/mol. The van der Waals surface area contributed by atoms with Gasteiger partial charge in [-0.15, -0.1) is 0 Å². The van der Waals surface area contributed by atoms with Crippen molar-refractivity contribution in [3.05, 3.63) is 59.7 Å². The van der Waals surface area contributed by atoms with Crippen molar-refractivity contribution >= 4 is 24.2 Å². The number of esters is 2. The molecule has 2 aromatic rings. The van der Waals surface area contributed by atoms with Crippen LogP contribution in [0.25, 0.3) is 0 Å². The lowest BCUT2D eigenvalue weighted by Crippen LogP contribution is -2.21. The van der Waals surface area contributed by atoms with Crippen molar-refractivity contribution in [3.63, 3.8) is 0 Å². The van der Waals surface area contributed by atoms with E-state index in [0.717, 1.165) is 7.11 Å². The third-order valence-corrected chi connectivity index (χ3v) is 3.23. The number of hydrogen-bond acceptors (Lipinski definition) is 9. The van der Waals surface area contributed by atoms with Gasteiger partial charge in [0, 0.05) is 0 Å². The third kappa shape index (κ3) is 5.31. The van der Waals surface area contributed by atoms with Gasteiger partial charge in [0.05, 0.1) is 13.7 Å². The van der Waals surface area contributed by atoms with Crippen molar-refractivity contribution in [2.24, 2.45) is 0 Å². The minimum absolute atomic E-state index is 0.0225. The summed E-state index contributed by atoms with van der Waals surface area (Å²) in [4.78, 5) is 47.1. The first-order chi connectivity index (χ1) is 13.5. The molecule has 0 saturated carbocycles. The number of benzene rings is 2. The number of carbonyl (C=O) groups is 4. The van der Waals surface area contributed by atoms with E-state index in [4.69, 9.17) is 14.2 Å². The third-order valence-electron chi connectivity index (χ3n) is 3.23. The van der Waals surface area contributed by atoms with Gasteiger partial charge in [0.1, 0.15) is 22.6 Å². The van der Waals surface area contributed by atoms with Gasteiger partial charge in [-0.1, -0.05) is 24.3 Å². The topological polar surface area (TPSA) is 114 Å². The fourth-order valence-corrected chi connectivity index (χ4v) is 2.06. The second-order valence-electron chi connectivity index (χ2n) is 5.01. The summed E-state index contributed by atoms with van der Waals surface area (Å²) in [7, 11) is 1.16. The first-order valence-electron chi connectivity index (χ1n) is 8.01. The summed E-state index contributed by atoms with van der Waals surface area (Å²) in [6.45, 7) is 1.75. The van der Waals surface area contributed by atoms with E-state index in [1.807, 2.05) is 0 Å². The van der Waals surface area contributed by atoms with Crippen molar-refractivity contribution in [2.45, 2.75) is 6.92 Å². The Hall–Kier alpha value is -3.88. The lowest BCUT2D eigenvalue weighted by molar-refractivity contribution is 0.0521. The molecule has 28 heavy (non-hydrogen) atoms. The first kappa shape index (κ1) is 20.4. The van der Waals surface area contributed by atoms with Crippen LogP contribution in [0, 0.1) is 0 Å². The lowest BCUT2D eigenvalue weighted by Gasteiger charge is -2.10. The quantitative estimate of drug-likeness (QED) is 0.329. The normalized spacial score (nSPS) is 9.79. The molecule has 0 spiro atoms. The Morgan fingerprint density at radius 1 is 0.750 bits per heavy atom. The predicted octanol–water partition coefficient (Wildman–Crippen LogP) is 3.36. The molecule has 0 aliphatic heterocycles. The van der Waals surface area contributed by atoms with E-state index < -0.39 is 24.2 Å². The summed E-state index contributed by atoms with van der Waals surface area (Å²) >= 11 is 0. The van der Waals surface area contributed by atoms with Gasteiger partial charge < -0.3 is 23.7 Å². The first-order valence-corrected chi connectivity index (χ1v) is 8.01. The van der Waals surface area contributed by atoms with Crippen LogP contribution in [0.4, 0.5) is 9.59 Å². The second-order valence-corrected chi connectivity index (χ2v) is 5.01. The maximum absolute atomic E-state index is 11.9. The molecule has 9 heteroatoms. The van der Waals surface area contributed by atoms with Crippen molar-refractivity contribution in [2.75, 3.05) is 13.7 Å². The van der Waals surface area contributed by atoms with Crippen molar-refractivity contribution < 1.29 is 42.9 Å². The molecule has 2 rings (SSSR count). The predicted molar refractivity (Wildman–Crippen MR) is 93.3 cm³/mol. The fraction of sp³-hybridized carbons (Fsp3) is 0.158. The molecule has 0 fully saturated rings. The van der Waals surface area contributed by atoms with Gasteiger partial charge in [0.2, 0.25) is 0 Å². The average Bonchev–Trinajstić information content (AvgIpc) is 2.68. The highest BCUT2D eigenvalue weighted by Crippen LogP contribution is 2.21. The summed E-state index contributed by atoms with van der Waals surface area (Å²) in [5.74, 6) is -1.78. The molecule has 0 bridgehead atoms. The zero-order valence-electron chi connectivity index (χ0n) is 15.0. The van der Waals surface area contributed by atoms with E-state index in [1.54, 1.807) is 13.0 Å².